The number of carboxylic acids is 1. The van der Waals surface area contributed by atoms with E-state index in [9.17, 15) is 19.5 Å². The highest BCUT2D eigenvalue weighted by Gasteiger charge is 2.35. The second-order valence-electron chi connectivity index (χ2n) is 11.4. The molecule has 1 atom stereocenters. The van der Waals surface area contributed by atoms with Crippen molar-refractivity contribution in [3.8, 4) is 17.2 Å². The van der Waals surface area contributed by atoms with Gasteiger partial charge in [0, 0.05) is 74.5 Å². The number of piperazine rings is 1. The SMILES string of the molecule is COc1cc(C(=O)O)c(N)cc1OCCCCCC(=O)N1CC(CCl)c2c1cc(OC(=O)N1CCN(C)CC1)c1ccccc21. The molecule has 0 aliphatic carbocycles. The minimum absolute atomic E-state index is 0.0184. The second-order valence-corrected chi connectivity index (χ2v) is 11.7. The maximum atomic E-state index is 13.5. The number of hydrogen-bond donors (Lipinski definition) is 2. The fraction of sp³-hybridized carbons (Fsp3) is 0.424. The fourth-order valence-electron chi connectivity index (χ4n) is 5.91. The van der Waals surface area contributed by atoms with Crippen LogP contribution in [0, 0.1) is 0 Å². The van der Waals surface area contributed by atoms with E-state index in [4.69, 9.17) is 31.5 Å². The van der Waals surface area contributed by atoms with Gasteiger partial charge < -0.3 is 39.8 Å². The number of nitrogens with two attached hydrogens (primary N) is 1. The zero-order chi connectivity index (χ0) is 32.1. The number of carbonyl (C=O) groups is 3. The van der Waals surface area contributed by atoms with Gasteiger partial charge in [-0.05, 0) is 37.3 Å². The van der Waals surface area contributed by atoms with Gasteiger partial charge in [-0.3, -0.25) is 4.79 Å². The maximum Gasteiger partial charge on any atom is 0.415 e. The van der Waals surface area contributed by atoms with Crippen molar-refractivity contribution in [2.45, 2.75) is 31.6 Å². The van der Waals surface area contributed by atoms with Gasteiger partial charge in [-0.2, -0.15) is 0 Å². The molecule has 12 heteroatoms. The molecular weight excluding hydrogens is 600 g/mol. The third-order valence-corrected chi connectivity index (χ3v) is 8.81. The highest BCUT2D eigenvalue weighted by molar-refractivity contribution is 6.19. The molecule has 0 saturated carbocycles. The number of ether oxygens (including phenoxy) is 3. The van der Waals surface area contributed by atoms with Crippen LogP contribution >= 0.6 is 11.6 Å². The third-order valence-electron chi connectivity index (χ3n) is 8.43. The Morgan fingerprint density at radius 2 is 1.71 bits per heavy atom. The van der Waals surface area contributed by atoms with E-state index in [-0.39, 0.29) is 23.1 Å². The Kier molecular flexibility index (Phi) is 10.2. The summed E-state index contributed by atoms with van der Waals surface area (Å²) in [5, 5.41) is 11.0. The van der Waals surface area contributed by atoms with E-state index in [1.165, 1.54) is 19.2 Å². The lowest BCUT2D eigenvalue weighted by atomic mass is 9.95. The number of nitrogen functional groups attached to an aromatic ring is 1. The second kappa shape index (κ2) is 14.3. The number of anilines is 2. The van der Waals surface area contributed by atoms with E-state index in [0.717, 1.165) is 41.5 Å². The first-order valence-electron chi connectivity index (χ1n) is 15.1. The number of likely N-dealkylation sites (N-methyl/N-ethyl adjacent to an activating group) is 1. The highest BCUT2D eigenvalue weighted by atomic mass is 35.5. The molecule has 2 aliphatic heterocycles. The van der Waals surface area contributed by atoms with Crippen LogP contribution in [0.5, 0.6) is 17.2 Å². The summed E-state index contributed by atoms with van der Waals surface area (Å²) in [5.41, 5.74) is 7.64. The normalized spacial score (nSPS) is 16.5. The Morgan fingerprint density at radius 1 is 0.978 bits per heavy atom. The molecule has 0 radical (unpaired) electrons. The van der Waals surface area contributed by atoms with Crippen LogP contribution in [0.25, 0.3) is 10.8 Å². The molecule has 2 amide bonds. The molecule has 11 nitrogen and oxygen atoms in total. The number of nitrogens with zero attached hydrogens (tertiary/aromatic N) is 3. The van der Waals surface area contributed by atoms with E-state index in [1.807, 2.05) is 37.4 Å². The van der Waals surface area contributed by atoms with Crippen LogP contribution in [-0.4, -0.2) is 92.2 Å². The quantitative estimate of drug-likeness (QED) is 0.165. The van der Waals surface area contributed by atoms with Crippen LogP contribution in [-0.2, 0) is 4.79 Å². The number of unbranched alkanes of at least 4 members (excludes halogenated alkanes) is 2. The van der Waals surface area contributed by atoms with Crippen molar-refractivity contribution in [1.82, 2.24) is 9.80 Å². The van der Waals surface area contributed by atoms with Gasteiger partial charge in [0.2, 0.25) is 5.91 Å². The van der Waals surface area contributed by atoms with Gasteiger partial charge in [0.05, 0.1) is 30.7 Å². The van der Waals surface area contributed by atoms with Crippen LogP contribution in [0.1, 0.15) is 47.5 Å². The Morgan fingerprint density at radius 3 is 2.40 bits per heavy atom. The summed E-state index contributed by atoms with van der Waals surface area (Å²) in [6.07, 6.45) is 2.01. The minimum Gasteiger partial charge on any atom is -0.493 e. The van der Waals surface area contributed by atoms with Gasteiger partial charge in [-0.1, -0.05) is 24.3 Å². The summed E-state index contributed by atoms with van der Waals surface area (Å²) < 4.78 is 17.0. The van der Waals surface area contributed by atoms with Crippen molar-refractivity contribution in [3.05, 3.63) is 53.6 Å². The number of amides is 2. The molecule has 3 N–H and O–H groups in total. The molecule has 1 saturated heterocycles. The molecule has 3 aromatic carbocycles. The first-order valence-corrected chi connectivity index (χ1v) is 15.7. The average molecular weight is 639 g/mol. The van der Waals surface area contributed by atoms with Gasteiger partial charge in [0.25, 0.3) is 0 Å². The number of hydrogen-bond acceptors (Lipinski definition) is 8. The zero-order valence-corrected chi connectivity index (χ0v) is 26.3. The first-order chi connectivity index (χ1) is 21.7. The Labute approximate surface area is 267 Å². The summed E-state index contributed by atoms with van der Waals surface area (Å²) in [7, 11) is 3.46. The smallest absolute Gasteiger partial charge is 0.415 e. The zero-order valence-electron chi connectivity index (χ0n) is 25.6. The molecule has 1 fully saturated rings. The van der Waals surface area contributed by atoms with Crippen molar-refractivity contribution in [3.63, 3.8) is 0 Å². The number of benzene rings is 3. The maximum absolute atomic E-state index is 13.5. The molecule has 2 heterocycles. The lowest BCUT2D eigenvalue weighted by molar-refractivity contribution is -0.118. The minimum atomic E-state index is -1.14. The van der Waals surface area contributed by atoms with Crippen molar-refractivity contribution < 1.29 is 33.7 Å². The Hall–Kier alpha value is -4.22. The molecule has 2 aliphatic rings. The van der Waals surface area contributed by atoms with E-state index in [0.29, 0.717) is 68.6 Å². The van der Waals surface area contributed by atoms with Crippen LogP contribution in [0.3, 0.4) is 0 Å². The number of rotatable bonds is 11. The van der Waals surface area contributed by atoms with Crippen molar-refractivity contribution in [2.24, 2.45) is 0 Å². The number of aromatic carboxylic acids is 1. The number of alkyl halides is 1. The fourth-order valence-corrected chi connectivity index (χ4v) is 6.16. The van der Waals surface area contributed by atoms with Gasteiger partial charge in [-0.15, -0.1) is 11.6 Å². The Bertz CT molecular complexity index is 1570. The summed E-state index contributed by atoms with van der Waals surface area (Å²) >= 11 is 6.42. The highest BCUT2D eigenvalue weighted by Crippen LogP contribution is 2.46. The molecule has 3 aromatic rings. The molecular formula is C33H39ClN4O7. The molecule has 1 unspecified atom stereocenters. The average Bonchev–Trinajstić information content (AvgIpc) is 3.41. The monoisotopic (exact) mass is 638 g/mol. The number of fused-ring (bicyclic) bond motifs is 3. The number of carbonyl (C=O) groups excluding carboxylic acids is 2. The van der Waals surface area contributed by atoms with Crippen molar-refractivity contribution in [1.29, 1.82) is 0 Å². The number of halogens is 1. The van der Waals surface area contributed by atoms with Crippen LogP contribution < -0.4 is 24.8 Å². The van der Waals surface area contributed by atoms with E-state index in [2.05, 4.69) is 4.90 Å². The molecule has 5 rings (SSSR count). The number of carboxylic acid groups (broad SMARTS) is 1. The molecule has 0 spiro atoms. The van der Waals surface area contributed by atoms with Gasteiger partial charge in [0.15, 0.2) is 11.5 Å². The van der Waals surface area contributed by atoms with Gasteiger partial charge in [-0.25, -0.2) is 9.59 Å². The summed E-state index contributed by atoms with van der Waals surface area (Å²) in [6, 6.07) is 12.4. The summed E-state index contributed by atoms with van der Waals surface area (Å²) in [5.74, 6) is 0.256. The standard InChI is InChI=1S/C33H39ClN4O7/c1-36-11-13-37(14-12-36)33(42)45-27-18-26-31(23-9-6-5-8-22(23)27)21(19-34)20-38(26)30(39)10-4-3-7-15-44-29-17-25(35)24(32(40)41)16-28(29)43-2/h5-6,8-9,16-18,21H,3-4,7,10-15,19-20,35H2,1-2H3,(H,40,41). The predicted octanol–water partition coefficient (Wildman–Crippen LogP) is 5.18. The lowest BCUT2D eigenvalue weighted by Gasteiger charge is -2.31. The molecule has 240 valence electrons. The van der Waals surface area contributed by atoms with Crippen molar-refractivity contribution in [2.75, 3.05) is 70.0 Å². The molecule has 45 heavy (non-hydrogen) atoms. The third kappa shape index (κ3) is 7.04. The first kappa shape index (κ1) is 32.2. The largest absolute Gasteiger partial charge is 0.493 e. The molecule has 0 aromatic heterocycles. The molecule has 0 bridgehead atoms. The topological polar surface area (TPSA) is 135 Å². The lowest BCUT2D eigenvalue weighted by Crippen LogP contribution is -2.48. The van der Waals surface area contributed by atoms with Gasteiger partial charge in [0.1, 0.15) is 5.75 Å². The van der Waals surface area contributed by atoms with E-state index in [1.54, 1.807) is 9.80 Å². The van der Waals surface area contributed by atoms with Crippen LogP contribution in [0.15, 0.2) is 42.5 Å². The summed E-state index contributed by atoms with van der Waals surface area (Å²) in [6.45, 7) is 3.59. The predicted molar refractivity (Wildman–Crippen MR) is 173 cm³/mol. The van der Waals surface area contributed by atoms with Crippen molar-refractivity contribution >= 4 is 51.7 Å². The number of methoxy groups -OCH3 is 1. The van der Waals surface area contributed by atoms with Crippen LogP contribution in [0.4, 0.5) is 16.2 Å². The Balaban J connectivity index is 1.23. The van der Waals surface area contributed by atoms with Crippen LogP contribution in [0.2, 0.25) is 0 Å². The summed E-state index contributed by atoms with van der Waals surface area (Å²) in [4.78, 5) is 43.6. The van der Waals surface area contributed by atoms with E-state index < -0.39 is 12.1 Å². The van der Waals surface area contributed by atoms with E-state index >= 15 is 0 Å². The van der Waals surface area contributed by atoms with Gasteiger partial charge >= 0.3 is 12.1 Å².